The van der Waals surface area contributed by atoms with Crippen LogP contribution in [0.1, 0.15) is 37.9 Å². The van der Waals surface area contributed by atoms with Crippen LogP contribution in [0.25, 0.3) is 0 Å². The summed E-state index contributed by atoms with van der Waals surface area (Å²) in [7, 11) is 0. The molecule has 0 heterocycles. The predicted octanol–water partition coefficient (Wildman–Crippen LogP) is 1.66. The van der Waals surface area contributed by atoms with Crippen molar-refractivity contribution in [2.24, 2.45) is 0 Å². The van der Waals surface area contributed by atoms with E-state index >= 15 is 0 Å². The van der Waals surface area contributed by atoms with Gasteiger partial charge in [0.2, 0.25) is 0 Å². The number of hydrogen-bond acceptors (Lipinski definition) is 0. The quantitative estimate of drug-likeness (QED) is 0.697. The molecule has 2 aromatic carbocycles. The molecule has 0 saturated heterocycles. The van der Waals surface area contributed by atoms with Crippen molar-refractivity contribution >= 4 is 0 Å². The van der Waals surface area contributed by atoms with Crippen LogP contribution in [0.5, 0.6) is 0 Å². The highest BCUT2D eigenvalue weighted by atomic mass is 79.9. The Morgan fingerprint density at radius 3 is 1.29 bits per heavy atom. The highest BCUT2D eigenvalue weighted by Gasteiger charge is 2.34. The molecule has 21 heavy (non-hydrogen) atoms. The van der Waals surface area contributed by atoms with Crippen molar-refractivity contribution in [3.8, 4) is 0 Å². The van der Waals surface area contributed by atoms with Gasteiger partial charge in [-0.25, -0.2) is 0 Å². The van der Waals surface area contributed by atoms with Crippen LogP contribution in [0.4, 0.5) is 0 Å². The summed E-state index contributed by atoms with van der Waals surface area (Å²) in [4.78, 5) is 0. The third-order valence-electron chi connectivity index (χ3n) is 4.67. The van der Waals surface area contributed by atoms with Crippen LogP contribution in [0, 0.1) is 0 Å². The predicted molar refractivity (Wildman–Crippen MR) is 86.6 cm³/mol. The lowest BCUT2D eigenvalue weighted by atomic mass is 9.94. The first-order chi connectivity index (χ1) is 9.77. The van der Waals surface area contributed by atoms with E-state index in [4.69, 9.17) is 0 Å². The summed E-state index contributed by atoms with van der Waals surface area (Å²) in [5, 5.41) is 0. The lowest BCUT2D eigenvalue weighted by molar-refractivity contribution is -0.947. The van der Waals surface area contributed by atoms with Gasteiger partial charge in [0, 0.05) is 11.1 Å². The fourth-order valence-corrected chi connectivity index (χ4v) is 3.31. The van der Waals surface area contributed by atoms with Gasteiger partial charge in [-0.3, -0.25) is 0 Å². The van der Waals surface area contributed by atoms with Gasteiger partial charge < -0.3 is 21.5 Å². The number of rotatable bonds is 6. The lowest BCUT2D eigenvalue weighted by Crippen LogP contribution is -3.00. The molecule has 0 aliphatic rings. The smallest absolute Gasteiger partial charge is 0.140 e. The molecule has 0 spiro atoms. The van der Waals surface area contributed by atoms with Crippen LogP contribution >= 0.6 is 0 Å². The van der Waals surface area contributed by atoms with E-state index in [1.54, 1.807) is 0 Å². The first-order valence-corrected chi connectivity index (χ1v) is 7.73. The minimum Gasteiger partial charge on any atom is -1.00 e. The fraction of sp³-hybridized carbons (Fsp3) is 0.368. The van der Waals surface area contributed by atoms with E-state index in [9.17, 15) is 0 Å². The molecule has 0 amide bonds. The highest BCUT2D eigenvalue weighted by Crippen LogP contribution is 2.34. The van der Waals surface area contributed by atoms with E-state index < -0.39 is 0 Å². The Balaban J connectivity index is 0.00000220. The summed E-state index contributed by atoms with van der Waals surface area (Å²) in [5.41, 5.74) is 2.84. The molecule has 0 aromatic heterocycles. The van der Waals surface area contributed by atoms with E-state index in [2.05, 4.69) is 81.4 Å². The molecule has 0 atom stereocenters. The molecule has 114 valence electrons. The largest absolute Gasteiger partial charge is 1.00 e. The molecule has 0 unspecified atom stereocenters. The summed E-state index contributed by atoms with van der Waals surface area (Å²) >= 11 is 0. The van der Waals surface area contributed by atoms with Crippen LogP contribution in [0.2, 0.25) is 0 Å². The maximum Gasteiger partial charge on any atom is 0.140 e. The molecule has 0 aliphatic carbocycles. The number of benzene rings is 2. The summed E-state index contributed by atoms with van der Waals surface area (Å²) < 4.78 is 1.11. The number of nitrogens with zero attached hydrogens (tertiary/aromatic N) is 1. The first-order valence-electron chi connectivity index (χ1n) is 7.73. The summed E-state index contributed by atoms with van der Waals surface area (Å²) in [6.07, 6.45) is 0. The van der Waals surface area contributed by atoms with E-state index in [1.807, 2.05) is 0 Å². The van der Waals surface area contributed by atoms with Crippen molar-refractivity contribution < 1.29 is 21.5 Å². The molecule has 1 nitrogen and oxygen atoms in total. The molecule has 0 aliphatic heterocycles. The molecule has 2 heteroatoms. The van der Waals surface area contributed by atoms with E-state index in [-0.39, 0.29) is 17.0 Å². The van der Waals surface area contributed by atoms with Gasteiger partial charge in [-0.15, -0.1) is 0 Å². The number of quaternary nitrogens is 1. The summed E-state index contributed by atoms with van der Waals surface area (Å²) in [6, 6.07) is 22.3. The fourth-order valence-electron chi connectivity index (χ4n) is 3.31. The van der Waals surface area contributed by atoms with Crippen molar-refractivity contribution in [3.05, 3.63) is 71.8 Å². The second-order valence-electron chi connectivity index (χ2n) is 5.39. The minimum atomic E-state index is 0. The molecule has 2 rings (SSSR count). The van der Waals surface area contributed by atoms with E-state index in [0.717, 1.165) is 24.1 Å². The zero-order valence-electron chi connectivity index (χ0n) is 13.3. The molecular formula is C19H26BrN. The van der Waals surface area contributed by atoms with Crippen LogP contribution < -0.4 is 17.0 Å². The number of hydrogen-bond donors (Lipinski definition) is 0. The van der Waals surface area contributed by atoms with Gasteiger partial charge in [0.05, 0.1) is 19.6 Å². The Bertz CT molecular complexity index is 458. The van der Waals surface area contributed by atoms with Crippen molar-refractivity contribution in [2.75, 3.05) is 19.6 Å². The van der Waals surface area contributed by atoms with Crippen molar-refractivity contribution in [1.29, 1.82) is 0 Å². The van der Waals surface area contributed by atoms with Crippen molar-refractivity contribution in [2.45, 2.75) is 26.8 Å². The minimum absolute atomic E-state index is 0. The average Bonchev–Trinajstić information content (AvgIpc) is 2.54. The molecule has 0 radical (unpaired) electrons. The summed E-state index contributed by atoms with van der Waals surface area (Å²) in [5.74, 6) is 0. The molecule has 0 saturated carbocycles. The number of halogens is 1. The highest BCUT2D eigenvalue weighted by molar-refractivity contribution is 5.29. The van der Waals surface area contributed by atoms with Crippen LogP contribution in [-0.2, 0) is 0 Å². The second-order valence-corrected chi connectivity index (χ2v) is 5.39. The van der Waals surface area contributed by atoms with Gasteiger partial charge in [-0.1, -0.05) is 60.7 Å². The van der Waals surface area contributed by atoms with Crippen molar-refractivity contribution in [1.82, 2.24) is 0 Å². The third kappa shape index (κ3) is 3.75. The molecule has 0 bridgehead atoms. The Hall–Kier alpha value is -1.12. The SMILES string of the molecule is CC[N+](CC)(CC)C(c1ccccc1)c1ccccc1.[Br-]. The Labute approximate surface area is 140 Å². The molecule has 0 fully saturated rings. The van der Waals surface area contributed by atoms with Gasteiger partial charge in [0.25, 0.3) is 0 Å². The van der Waals surface area contributed by atoms with Crippen LogP contribution in [-0.4, -0.2) is 24.1 Å². The molecular weight excluding hydrogens is 322 g/mol. The zero-order valence-corrected chi connectivity index (χ0v) is 14.9. The van der Waals surface area contributed by atoms with Gasteiger partial charge in [-0.05, 0) is 20.8 Å². The first kappa shape index (κ1) is 17.9. The molecule has 0 N–H and O–H groups in total. The van der Waals surface area contributed by atoms with Crippen molar-refractivity contribution in [3.63, 3.8) is 0 Å². The molecule has 2 aromatic rings. The maximum absolute atomic E-state index is 2.31. The maximum atomic E-state index is 2.31. The van der Waals surface area contributed by atoms with Gasteiger partial charge in [-0.2, -0.15) is 0 Å². The van der Waals surface area contributed by atoms with Gasteiger partial charge in [0.15, 0.2) is 0 Å². The zero-order chi connectivity index (χ0) is 14.4. The monoisotopic (exact) mass is 347 g/mol. The van der Waals surface area contributed by atoms with E-state index in [1.165, 1.54) is 11.1 Å². The standard InChI is InChI=1S/C19H26N.BrH/c1-4-20(5-2,6-3)19(17-13-9-7-10-14-17)18-15-11-8-12-16-18;/h7-16,19H,4-6H2,1-3H3;1H/q+1;/p-1. The second kappa shape index (κ2) is 8.35. The summed E-state index contributed by atoms with van der Waals surface area (Å²) in [6.45, 7) is 10.4. The van der Waals surface area contributed by atoms with Crippen LogP contribution in [0.15, 0.2) is 60.7 Å². The Morgan fingerprint density at radius 1 is 0.667 bits per heavy atom. The normalized spacial score (nSPS) is 11.2. The third-order valence-corrected chi connectivity index (χ3v) is 4.67. The Morgan fingerprint density at radius 2 is 1.00 bits per heavy atom. The van der Waals surface area contributed by atoms with Crippen LogP contribution in [0.3, 0.4) is 0 Å². The van der Waals surface area contributed by atoms with Gasteiger partial charge >= 0.3 is 0 Å². The average molecular weight is 348 g/mol. The Kier molecular flexibility index (Phi) is 7.13. The lowest BCUT2D eigenvalue weighted by Gasteiger charge is -2.43. The van der Waals surface area contributed by atoms with Gasteiger partial charge in [0.1, 0.15) is 6.04 Å². The van der Waals surface area contributed by atoms with E-state index in [0.29, 0.717) is 6.04 Å². The topological polar surface area (TPSA) is 0 Å².